The zero-order chi connectivity index (χ0) is 39.2. The molecule has 0 unspecified atom stereocenters. The van der Waals surface area contributed by atoms with Crippen LogP contribution in [0.15, 0.2) is 12.2 Å². The van der Waals surface area contributed by atoms with Crippen molar-refractivity contribution < 1.29 is 32.6 Å². The number of fused-ring (bicyclic) bond motifs is 7. The van der Waals surface area contributed by atoms with Crippen molar-refractivity contribution in [2.24, 2.45) is 62.1 Å². The number of carboxylic acids is 1. The molecule has 1 saturated heterocycles. The van der Waals surface area contributed by atoms with Crippen molar-refractivity contribution in [1.29, 1.82) is 0 Å². The van der Waals surface area contributed by atoms with Crippen molar-refractivity contribution in [3.63, 3.8) is 0 Å². The van der Waals surface area contributed by atoms with Gasteiger partial charge in [-0.3, -0.25) is 14.4 Å². The number of carbonyl (C=O) groups is 3. The van der Waals surface area contributed by atoms with Crippen molar-refractivity contribution in [3.05, 3.63) is 12.2 Å². The first kappa shape index (κ1) is 40.7. The smallest absolute Gasteiger partial charge is 0.306 e. The van der Waals surface area contributed by atoms with Crippen LogP contribution in [0.4, 0.5) is 0 Å². The highest BCUT2D eigenvalue weighted by Gasteiger charge is 2.71. The lowest BCUT2D eigenvalue weighted by atomic mass is 9.32. The Kier molecular flexibility index (Phi) is 10.5. The summed E-state index contributed by atoms with van der Waals surface area (Å²) >= 11 is 0. The van der Waals surface area contributed by atoms with E-state index in [1.165, 1.54) is 29.0 Å². The number of nitrogens with zero attached hydrogens (tertiary/aromatic N) is 1. The molecule has 6 aliphatic rings. The standard InChI is InChI=1S/C43H70N2O7S/c1-27(2)29-13-19-43(23-34(46)44-28-16-22-45(26-28)53(10,50)51)21-20-41(8)30(37(29)43)11-12-32-40(7)17-15-33(39(5,6)31(40)14-18-42(32,41)9)52-36(49)25-38(3,4)24-35(47)48/h28-33,37H,1,11-26H2,2-10H3,(H,44,46)(H,47,48)/t28-,29+,30-,31+,32-,33+,37-,40+,41-,42-,43-/m1/s1. The van der Waals surface area contributed by atoms with E-state index in [9.17, 15) is 27.9 Å². The fraction of sp³-hybridized carbons (Fsp3) is 0.884. The maximum Gasteiger partial charge on any atom is 0.306 e. The predicted octanol–water partition coefficient (Wildman–Crippen LogP) is 7.99. The van der Waals surface area contributed by atoms with Crippen molar-refractivity contribution in [3.8, 4) is 0 Å². The van der Waals surface area contributed by atoms with Gasteiger partial charge in [0.1, 0.15) is 6.10 Å². The largest absolute Gasteiger partial charge is 0.481 e. The van der Waals surface area contributed by atoms with Crippen LogP contribution >= 0.6 is 0 Å². The van der Waals surface area contributed by atoms with Gasteiger partial charge in [0.2, 0.25) is 15.9 Å². The van der Waals surface area contributed by atoms with Crippen LogP contribution in [-0.2, 0) is 29.1 Å². The van der Waals surface area contributed by atoms with Crippen LogP contribution in [-0.4, -0.2) is 67.2 Å². The summed E-state index contributed by atoms with van der Waals surface area (Å²) in [5.41, 5.74) is 0.759. The molecular weight excluding hydrogens is 689 g/mol. The molecule has 5 saturated carbocycles. The second kappa shape index (κ2) is 13.6. The van der Waals surface area contributed by atoms with Crippen LogP contribution in [0, 0.1) is 62.1 Å². The molecule has 0 aromatic rings. The first-order valence-electron chi connectivity index (χ1n) is 20.7. The summed E-state index contributed by atoms with van der Waals surface area (Å²) in [5, 5.41) is 12.6. The minimum absolute atomic E-state index is 0.0553. The van der Waals surface area contributed by atoms with Crippen molar-refractivity contribution in [1.82, 2.24) is 9.62 Å². The van der Waals surface area contributed by atoms with Gasteiger partial charge in [-0.05, 0) is 134 Å². The number of carboxylic acid groups (broad SMARTS) is 1. The maximum absolute atomic E-state index is 13.9. The van der Waals surface area contributed by atoms with E-state index >= 15 is 0 Å². The van der Waals surface area contributed by atoms with Gasteiger partial charge in [0.15, 0.2) is 0 Å². The molecule has 0 aromatic heterocycles. The van der Waals surface area contributed by atoms with Gasteiger partial charge in [-0.25, -0.2) is 12.7 Å². The van der Waals surface area contributed by atoms with Crippen LogP contribution < -0.4 is 5.32 Å². The van der Waals surface area contributed by atoms with Gasteiger partial charge in [0.05, 0.1) is 19.1 Å². The lowest BCUT2D eigenvalue weighted by Gasteiger charge is -2.73. The minimum Gasteiger partial charge on any atom is -0.481 e. The molecule has 2 N–H and O–H groups in total. The summed E-state index contributed by atoms with van der Waals surface area (Å²) in [4.78, 5) is 38.5. The summed E-state index contributed by atoms with van der Waals surface area (Å²) < 4.78 is 32.0. The van der Waals surface area contributed by atoms with Gasteiger partial charge in [-0.1, -0.05) is 60.6 Å². The predicted molar refractivity (Wildman–Crippen MR) is 207 cm³/mol. The van der Waals surface area contributed by atoms with Gasteiger partial charge in [0, 0.05) is 31.0 Å². The molecule has 300 valence electrons. The Morgan fingerprint density at radius 1 is 0.887 bits per heavy atom. The van der Waals surface area contributed by atoms with E-state index in [0.29, 0.717) is 55.5 Å². The van der Waals surface area contributed by atoms with E-state index in [1.807, 2.05) is 13.8 Å². The van der Waals surface area contributed by atoms with Crippen LogP contribution in [0.2, 0.25) is 0 Å². The molecule has 0 aromatic carbocycles. The number of ether oxygens (including phenoxy) is 1. The molecule has 0 bridgehead atoms. The van der Waals surface area contributed by atoms with E-state index in [0.717, 1.165) is 51.4 Å². The Morgan fingerprint density at radius 2 is 1.58 bits per heavy atom. The van der Waals surface area contributed by atoms with E-state index < -0.39 is 21.4 Å². The molecule has 1 aliphatic heterocycles. The lowest BCUT2D eigenvalue weighted by Crippen LogP contribution is -2.67. The molecule has 1 amide bonds. The minimum atomic E-state index is -3.27. The van der Waals surface area contributed by atoms with E-state index in [-0.39, 0.29) is 63.9 Å². The van der Waals surface area contributed by atoms with E-state index in [1.54, 1.807) is 0 Å². The quantitative estimate of drug-likeness (QED) is 0.171. The fourth-order valence-electron chi connectivity index (χ4n) is 14.6. The Hall–Kier alpha value is -1.94. The molecule has 10 heteroatoms. The van der Waals surface area contributed by atoms with E-state index in [4.69, 9.17) is 4.74 Å². The average molecular weight is 759 g/mol. The Balaban J connectivity index is 1.20. The molecule has 11 atom stereocenters. The van der Waals surface area contributed by atoms with Crippen LogP contribution in [0.25, 0.3) is 0 Å². The first-order chi connectivity index (χ1) is 24.4. The van der Waals surface area contributed by atoms with Gasteiger partial charge in [-0.2, -0.15) is 0 Å². The average Bonchev–Trinajstić information content (AvgIpc) is 3.63. The number of sulfonamides is 1. The number of carbonyl (C=O) groups excluding carboxylic acids is 2. The number of nitrogens with one attached hydrogen (secondary N) is 1. The summed E-state index contributed by atoms with van der Waals surface area (Å²) in [5.74, 6) is 1.22. The highest BCUT2D eigenvalue weighted by atomic mass is 32.2. The van der Waals surface area contributed by atoms with Gasteiger partial charge >= 0.3 is 11.9 Å². The highest BCUT2D eigenvalue weighted by molar-refractivity contribution is 7.88. The first-order valence-corrected chi connectivity index (χ1v) is 22.5. The summed E-state index contributed by atoms with van der Waals surface area (Å²) in [6.45, 7) is 23.6. The van der Waals surface area contributed by atoms with Crippen LogP contribution in [0.5, 0.6) is 0 Å². The second-order valence-electron chi connectivity index (χ2n) is 21.1. The molecule has 9 nitrogen and oxygen atoms in total. The molecule has 6 fully saturated rings. The third kappa shape index (κ3) is 6.94. The van der Waals surface area contributed by atoms with Crippen LogP contribution in [0.1, 0.15) is 145 Å². The Labute approximate surface area is 320 Å². The fourth-order valence-corrected chi connectivity index (χ4v) is 15.5. The monoisotopic (exact) mass is 758 g/mol. The third-order valence-electron chi connectivity index (χ3n) is 17.2. The van der Waals surface area contributed by atoms with Crippen molar-refractivity contribution in [2.75, 3.05) is 19.3 Å². The molecule has 5 aliphatic carbocycles. The van der Waals surface area contributed by atoms with Crippen LogP contribution in [0.3, 0.4) is 0 Å². The number of hydrogen-bond acceptors (Lipinski definition) is 6. The number of amides is 1. The summed E-state index contributed by atoms with van der Waals surface area (Å²) in [6, 6.07) is -0.129. The Morgan fingerprint density at radius 3 is 2.21 bits per heavy atom. The zero-order valence-electron chi connectivity index (χ0n) is 34.3. The normalized spacial score (nSPS) is 42.4. The topological polar surface area (TPSA) is 130 Å². The van der Waals surface area contributed by atoms with Gasteiger partial charge in [0.25, 0.3) is 0 Å². The summed E-state index contributed by atoms with van der Waals surface area (Å²) in [7, 11) is -3.27. The number of rotatable bonds is 10. The molecule has 53 heavy (non-hydrogen) atoms. The molecule has 6 rings (SSSR count). The SMILES string of the molecule is C=C(C)[C@@H]1CC[C@]2(CC(=O)N[C@@H]3CCN(S(C)(=O)=O)C3)CC[C@]3(C)[C@H](CC[C@@H]4[C@@]5(C)CC[C@H](OC(=O)CC(C)(C)CC(=O)O)C(C)(C)[C@@H]5CC[C@]43C)[C@@H]12. The van der Waals surface area contributed by atoms with Crippen molar-refractivity contribution >= 4 is 27.9 Å². The number of aliphatic carboxylic acids is 1. The summed E-state index contributed by atoms with van der Waals surface area (Å²) in [6.07, 6.45) is 13.1. The zero-order valence-corrected chi connectivity index (χ0v) is 35.1. The second-order valence-corrected chi connectivity index (χ2v) is 23.1. The molecule has 1 heterocycles. The number of hydrogen-bond donors (Lipinski definition) is 2. The highest BCUT2D eigenvalue weighted by Crippen LogP contribution is 2.78. The number of allylic oxidation sites excluding steroid dienone is 1. The van der Waals surface area contributed by atoms with E-state index in [2.05, 4.69) is 53.4 Å². The molecule has 0 radical (unpaired) electrons. The molecule has 0 spiro atoms. The van der Waals surface area contributed by atoms with Gasteiger partial charge < -0.3 is 15.2 Å². The third-order valence-corrected chi connectivity index (χ3v) is 18.5. The van der Waals surface area contributed by atoms with Gasteiger partial charge in [-0.15, -0.1) is 0 Å². The Bertz CT molecular complexity index is 1610. The maximum atomic E-state index is 13.9. The number of esters is 1. The molecular formula is C43H70N2O7S. The van der Waals surface area contributed by atoms with Crippen molar-refractivity contribution in [2.45, 2.75) is 157 Å². The lowest BCUT2D eigenvalue weighted by molar-refractivity contribution is -0.250.